The van der Waals surface area contributed by atoms with E-state index in [-0.39, 0.29) is 48.9 Å². The molecule has 3 heterocycles. The maximum Gasteiger partial charge on any atom is 0.270 e. The Morgan fingerprint density at radius 2 is 1.87 bits per heavy atom. The summed E-state index contributed by atoms with van der Waals surface area (Å²) in [6.45, 7) is 7.81. The fraction of sp³-hybridized carbons (Fsp3) is 0.615. The maximum absolute atomic E-state index is 13.4. The molecule has 206 valence electrons. The summed E-state index contributed by atoms with van der Waals surface area (Å²) in [7, 11) is 0. The number of halogens is 2. The number of rotatable bonds is 7. The van der Waals surface area contributed by atoms with Crippen molar-refractivity contribution < 1.29 is 23.5 Å². The number of nitrogens with one attached hydrogen (secondary N) is 1. The number of carbonyl (C=O) groups is 2. The summed E-state index contributed by atoms with van der Waals surface area (Å²) >= 11 is 0. The summed E-state index contributed by atoms with van der Waals surface area (Å²) in [5.41, 5.74) is 0.222. The highest BCUT2D eigenvalue weighted by molar-refractivity contribution is 5.99. The maximum atomic E-state index is 13.4. The van der Waals surface area contributed by atoms with Crippen molar-refractivity contribution in [3.05, 3.63) is 33.3 Å². The summed E-state index contributed by atoms with van der Waals surface area (Å²) in [5.74, 6) is -3.87. The number of hydrogen-bond donors (Lipinski definition) is 2. The standard InChI is InChI=1S/C26H34F2N6O4/c1-15(2)14-33-22-17(13-29-34(22)25(38)20(24(33)37)21(35)30-18-4-5-18)10-16(3)23(36)32-8-6-31(7-9-32)19-11-26(27,28)12-19/h10,13,15,18-19,38H,4-9,11-12,14H2,1-3H3,(H,30,35)/b16-10+. The second-order valence-corrected chi connectivity index (χ2v) is 11.2. The van der Waals surface area contributed by atoms with E-state index in [9.17, 15) is 28.3 Å². The Labute approximate surface area is 218 Å². The van der Waals surface area contributed by atoms with Gasteiger partial charge in [-0.25, -0.2) is 8.78 Å². The number of carbonyl (C=O) groups excluding carboxylic acids is 2. The molecule has 2 aliphatic carbocycles. The SMILES string of the molecule is C/C(=C\c1cnn2c(O)c(C(=O)NC3CC3)c(=O)n(CC(C)C)c12)C(=O)N1CCN(C2CC(F)(F)C2)CC1. The van der Waals surface area contributed by atoms with Gasteiger partial charge in [-0.05, 0) is 31.8 Å². The number of hydrogen-bond acceptors (Lipinski definition) is 6. The van der Waals surface area contributed by atoms with Gasteiger partial charge in [-0.1, -0.05) is 13.8 Å². The van der Waals surface area contributed by atoms with Gasteiger partial charge in [-0.15, -0.1) is 0 Å². The first-order valence-electron chi connectivity index (χ1n) is 13.2. The lowest BCUT2D eigenvalue weighted by molar-refractivity contribution is -0.139. The molecule has 2 aromatic heterocycles. The van der Waals surface area contributed by atoms with Gasteiger partial charge >= 0.3 is 0 Å². The number of alkyl halides is 2. The molecule has 1 saturated heterocycles. The summed E-state index contributed by atoms with van der Waals surface area (Å²) in [5, 5.41) is 17.8. The molecule has 10 nitrogen and oxygen atoms in total. The molecule has 2 amide bonds. The normalized spacial score (nSPS) is 20.7. The minimum absolute atomic E-state index is 0.0110. The van der Waals surface area contributed by atoms with Gasteiger partial charge in [-0.3, -0.25) is 23.9 Å². The van der Waals surface area contributed by atoms with Gasteiger partial charge in [0.1, 0.15) is 5.65 Å². The average Bonchev–Trinajstić information content (AvgIpc) is 3.56. The highest BCUT2D eigenvalue weighted by Crippen LogP contribution is 2.40. The predicted molar refractivity (Wildman–Crippen MR) is 136 cm³/mol. The van der Waals surface area contributed by atoms with Crippen LogP contribution in [0.5, 0.6) is 5.88 Å². The van der Waals surface area contributed by atoms with E-state index in [2.05, 4.69) is 10.4 Å². The largest absolute Gasteiger partial charge is 0.492 e. The van der Waals surface area contributed by atoms with Crippen LogP contribution in [0.4, 0.5) is 8.78 Å². The van der Waals surface area contributed by atoms with E-state index >= 15 is 0 Å². The van der Waals surface area contributed by atoms with Crippen molar-refractivity contribution in [3.63, 3.8) is 0 Å². The first-order chi connectivity index (χ1) is 17.9. The zero-order valence-corrected chi connectivity index (χ0v) is 21.9. The van der Waals surface area contributed by atoms with E-state index in [1.807, 2.05) is 18.7 Å². The van der Waals surface area contributed by atoms with Gasteiger partial charge in [0, 0.05) is 68.8 Å². The molecule has 12 heteroatoms. The fourth-order valence-electron chi connectivity index (χ4n) is 5.26. The first kappa shape index (κ1) is 26.3. The van der Waals surface area contributed by atoms with Crippen molar-refractivity contribution in [3.8, 4) is 5.88 Å². The molecule has 2 saturated carbocycles. The van der Waals surface area contributed by atoms with Gasteiger partial charge in [0.15, 0.2) is 5.56 Å². The van der Waals surface area contributed by atoms with Crippen molar-refractivity contribution >= 4 is 23.5 Å². The summed E-state index contributed by atoms with van der Waals surface area (Å²) < 4.78 is 29.1. The van der Waals surface area contributed by atoms with Gasteiger partial charge in [-0.2, -0.15) is 9.61 Å². The summed E-state index contributed by atoms with van der Waals surface area (Å²) in [4.78, 5) is 43.1. The molecule has 0 unspecified atom stereocenters. The molecule has 2 N–H and O–H groups in total. The zero-order valence-electron chi connectivity index (χ0n) is 21.9. The minimum atomic E-state index is -2.57. The van der Waals surface area contributed by atoms with E-state index in [4.69, 9.17) is 0 Å². The van der Waals surface area contributed by atoms with E-state index in [1.54, 1.807) is 17.9 Å². The Hall–Kier alpha value is -3.28. The molecule has 38 heavy (non-hydrogen) atoms. The minimum Gasteiger partial charge on any atom is -0.492 e. The van der Waals surface area contributed by atoms with Crippen LogP contribution in [0.3, 0.4) is 0 Å². The molecule has 0 radical (unpaired) electrons. The number of aromatic nitrogens is 3. The third kappa shape index (κ3) is 5.05. The van der Waals surface area contributed by atoms with Crippen LogP contribution in [0.25, 0.3) is 11.7 Å². The third-order valence-corrected chi connectivity index (χ3v) is 7.49. The number of aromatic hydroxyl groups is 1. The summed E-state index contributed by atoms with van der Waals surface area (Å²) in [6, 6.07) is -0.115. The van der Waals surface area contributed by atoms with Gasteiger partial charge in [0.25, 0.3) is 17.4 Å². The van der Waals surface area contributed by atoms with Crippen LogP contribution in [-0.2, 0) is 11.3 Å². The first-order valence-corrected chi connectivity index (χ1v) is 13.2. The van der Waals surface area contributed by atoms with Crippen molar-refractivity contribution in [1.29, 1.82) is 0 Å². The Morgan fingerprint density at radius 1 is 1.21 bits per heavy atom. The topological polar surface area (TPSA) is 112 Å². The second kappa shape index (κ2) is 9.79. The number of amides is 2. The van der Waals surface area contributed by atoms with Crippen LogP contribution in [0.1, 0.15) is 62.4 Å². The number of fused-ring (bicyclic) bond motifs is 1. The van der Waals surface area contributed by atoms with Crippen LogP contribution >= 0.6 is 0 Å². The van der Waals surface area contributed by atoms with Crippen molar-refractivity contribution in [2.24, 2.45) is 5.92 Å². The van der Waals surface area contributed by atoms with Crippen LogP contribution in [0, 0.1) is 5.92 Å². The quantitative estimate of drug-likeness (QED) is 0.529. The van der Waals surface area contributed by atoms with E-state index in [0.29, 0.717) is 43.0 Å². The van der Waals surface area contributed by atoms with Crippen molar-refractivity contribution in [2.45, 2.75) is 71.0 Å². The van der Waals surface area contributed by atoms with E-state index < -0.39 is 23.3 Å². The second-order valence-electron chi connectivity index (χ2n) is 11.2. The van der Waals surface area contributed by atoms with Crippen molar-refractivity contribution in [1.82, 2.24) is 29.3 Å². The molecular formula is C26H34F2N6O4. The lowest BCUT2D eigenvalue weighted by atomic mass is 9.86. The highest BCUT2D eigenvalue weighted by Gasteiger charge is 2.48. The molecule has 2 aromatic rings. The lowest BCUT2D eigenvalue weighted by Crippen LogP contribution is -2.57. The summed E-state index contributed by atoms with van der Waals surface area (Å²) in [6.07, 6.45) is 4.52. The Balaban J connectivity index is 1.40. The van der Waals surface area contributed by atoms with E-state index in [1.165, 1.54) is 15.3 Å². The van der Waals surface area contributed by atoms with Gasteiger partial charge < -0.3 is 15.3 Å². The fourth-order valence-corrected chi connectivity index (χ4v) is 5.26. The van der Waals surface area contributed by atoms with Crippen molar-refractivity contribution in [2.75, 3.05) is 26.2 Å². The molecule has 0 spiro atoms. The molecule has 0 bridgehead atoms. The highest BCUT2D eigenvalue weighted by atomic mass is 19.3. The molecule has 0 aromatic carbocycles. The van der Waals surface area contributed by atoms with E-state index in [0.717, 1.165) is 12.8 Å². The lowest BCUT2D eigenvalue weighted by Gasteiger charge is -2.46. The molecule has 5 rings (SSSR count). The molecule has 0 atom stereocenters. The van der Waals surface area contributed by atoms with Crippen LogP contribution in [0.2, 0.25) is 0 Å². The zero-order chi connectivity index (χ0) is 27.4. The predicted octanol–water partition coefficient (Wildman–Crippen LogP) is 2.09. The van der Waals surface area contributed by atoms with Gasteiger partial charge in [0.05, 0.1) is 6.20 Å². The Kier molecular flexibility index (Phi) is 6.79. The van der Waals surface area contributed by atoms with Gasteiger partial charge in [0.2, 0.25) is 11.8 Å². The molecular weight excluding hydrogens is 498 g/mol. The Morgan fingerprint density at radius 3 is 2.45 bits per heavy atom. The number of nitrogens with zero attached hydrogens (tertiary/aromatic N) is 5. The molecule has 3 aliphatic rings. The van der Waals surface area contributed by atoms with Crippen LogP contribution in [-0.4, -0.2) is 85.1 Å². The molecule has 1 aliphatic heterocycles. The van der Waals surface area contributed by atoms with Crippen LogP contribution in [0.15, 0.2) is 16.6 Å². The third-order valence-electron chi connectivity index (χ3n) is 7.49. The number of piperazine rings is 1. The smallest absolute Gasteiger partial charge is 0.270 e. The average molecular weight is 533 g/mol. The Bertz CT molecular complexity index is 1340. The monoisotopic (exact) mass is 532 g/mol. The van der Waals surface area contributed by atoms with Crippen LogP contribution < -0.4 is 10.9 Å². The molecule has 3 fully saturated rings.